The highest BCUT2D eigenvalue weighted by atomic mass is 32.2. The summed E-state index contributed by atoms with van der Waals surface area (Å²) in [5, 5.41) is 2.61. The molecule has 0 aromatic heterocycles. The molecular formula is C10H14N2O3S. The molecule has 0 saturated carbocycles. The normalized spacial score (nSPS) is 10.9. The van der Waals surface area contributed by atoms with Crippen molar-refractivity contribution < 1.29 is 13.2 Å². The lowest BCUT2D eigenvalue weighted by atomic mass is 10.2. The van der Waals surface area contributed by atoms with Crippen LogP contribution >= 0.6 is 0 Å². The average molecular weight is 242 g/mol. The van der Waals surface area contributed by atoms with Crippen molar-refractivity contribution in [2.45, 2.75) is 6.92 Å². The Labute approximate surface area is 94.9 Å². The molecule has 0 fully saturated rings. The number of benzene rings is 1. The standard InChI is InChI=1S/C10H14N2O3S/c1-3-11-10(13)8-6-4-5-7-9(8)12-16(2,14)15/h4-7,12H,3H2,1-2H3,(H,11,13). The van der Waals surface area contributed by atoms with Gasteiger partial charge < -0.3 is 5.32 Å². The maximum Gasteiger partial charge on any atom is 0.253 e. The first kappa shape index (κ1) is 12.5. The van der Waals surface area contributed by atoms with Crippen LogP contribution in [0, 0.1) is 0 Å². The Balaban J connectivity index is 3.05. The molecule has 16 heavy (non-hydrogen) atoms. The molecule has 0 saturated heterocycles. The molecule has 0 heterocycles. The van der Waals surface area contributed by atoms with E-state index in [2.05, 4.69) is 10.0 Å². The fraction of sp³-hybridized carbons (Fsp3) is 0.300. The summed E-state index contributed by atoms with van der Waals surface area (Å²) in [5.74, 6) is -0.297. The van der Waals surface area contributed by atoms with E-state index < -0.39 is 10.0 Å². The van der Waals surface area contributed by atoms with Gasteiger partial charge in [-0.25, -0.2) is 8.42 Å². The van der Waals surface area contributed by atoms with Gasteiger partial charge in [0, 0.05) is 6.54 Å². The van der Waals surface area contributed by atoms with Gasteiger partial charge in [-0.3, -0.25) is 9.52 Å². The number of para-hydroxylation sites is 1. The Hall–Kier alpha value is -1.56. The van der Waals surface area contributed by atoms with Crippen molar-refractivity contribution in [1.29, 1.82) is 0 Å². The van der Waals surface area contributed by atoms with Crippen LogP contribution in [0.3, 0.4) is 0 Å². The predicted octanol–water partition coefficient (Wildman–Crippen LogP) is 0.808. The Morgan fingerprint density at radius 1 is 1.31 bits per heavy atom. The molecule has 5 nitrogen and oxygen atoms in total. The van der Waals surface area contributed by atoms with E-state index in [0.717, 1.165) is 6.26 Å². The van der Waals surface area contributed by atoms with Crippen molar-refractivity contribution in [3.05, 3.63) is 29.8 Å². The lowest BCUT2D eigenvalue weighted by Gasteiger charge is -2.09. The van der Waals surface area contributed by atoms with Crippen LogP contribution < -0.4 is 10.0 Å². The van der Waals surface area contributed by atoms with Gasteiger partial charge in [-0.15, -0.1) is 0 Å². The third-order valence-electron chi connectivity index (χ3n) is 1.80. The van der Waals surface area contributed by atoms with E-state index in [1.807, 2.05) is 0 Å². The van der Waals surface area contributed by atoms with Crippen molar-refractivity contribution in [2.24, 2.45) is 0 Å². The molecule has 6 heteroatoms. The largest absolute Gasteiger partial charge is 0.352 e. The van der Waals surface area contributed by atoms with Crippen molar-refractivity contribution in [2.75, 3.05) is 17.5 Å². The molecule has 0 atom stereocenters. The van der Waals surface area contributed by atoms with Crippen LogP contribution in [-0.4, -0.2) is 27.1 Å². The molecular weight excluding hydrogens is 228 g/mol. The van der Waals surface area contributed by atoms with Crippen LogP contribution in [0.2, 0.25) is 0 Å². The maximum atomic E-state index is 11.6. The molecule has 1 amide bonds. The van der Waals surface area contributed by atoms with Crippen molar-refractivity contribution in [3.8, 4) is 0 Å². The summed E-state index contributed by atoms with van der Waals surface area (Å²) in [6.45, 7) is 2.29. The molecule has 0 aliphatic heterocycles. The maximum absolute atomic E-state index is 11.6. The smallest absolute Gasteiger partial charge is 0.253 e. The van der Waals surface area contributed by atoms with Gasteiger partial charge in [0.25, 0.3) is 5.91 Å². The third kappa shape index (κ3) is 3.54. The number of hydrogen-bond donors (Lipinski definition) is 2. The second kappa shape index (κ2) is 4.98. The highest BCUT2D eigenvalue weighted by Gasteiger charge is 2.12. The Morgan fingerprint density at radius 2 is 1.94 bits per heavy atom. The molecule has 0 aliphatic rings. The molecule has 1 aromatic rings. The molecule has 1 aromatic carbocycles. The van der Waals surface area contributed by atoms with Gasteiger partial charge in [0.1, 0.15) is 0 Å². The quantitative estimate of drug-likeness (QED) is 0.820. The van der Waals surface area contributed by atoms with Gasteiger partial charge in [-0.2, -0.15) is 0 Å². The van der Waals surface area contributed by atoms with Gasteiger partial charge in [-0.05, 0) is 19.1 Å². The summed E-state index contributed by atoms with van der Waals surface area (Å²) in [7, 11) is -3.38. The summed E-state index contributed by atoms with van der Waals surface area (Å²) < 4.78 is 24.5. The number of sulfonamides is 1. The molecule has 0 unspecified atom stereocenters. The SMILES string of the molecule is CCNC(=O)c1ccccc1NS(C)(=O)=O. The predicted molar refractivity (Wildman–Crippen MR) is 62.9 cm³/mol. The topological polar surface area (TPSA) is 75.3 Å². The molecule has 0 spiro atoms. The van der Waals surface area contributed by atoms with Crippen LogP contribution in [-0.2, 0) is 10.0 Å². The molecule has 1 rings (SSSR count). The zero-order chi connectivity index (χ0) is 12.2. The van der Waals surface area contributed by atoms with E-state index >= 15 is 0 Å². The minimum atomic E-state index is -3.38. The Bertz CT molecular complexity index is 483. The summed E-state index contributed by atoms with van der Waals surface area (Å²) in [4.78, 5) is 11.6. The van der Waals surface area contributed by atoms with Crippen molar-refractivity contribution >= 4 is 21.6 Å². The molecule has 2 N–H and O–H groups in total. The van der Waals surface area contributed by atoms with E-state index in [0.29, 0.717) is 12.1 Å². The third-order valence-corrected chi connectivity index (χ3v) is 2.40. The highest BCUT2D eigenvalue weighted by molar-refractivity contribution is 7.92. The van der Waals surface area contributed by atoms with Crippen molar-refractivity contribution in [3.63, 3.8) is 0 Å². The number of carbonyl (C=O) groups excluding carboxylic acids is 1. The lowest BCUT2D eigenvalue weighted by Crippen LogP contribution is -2.24. The first-order chi connectivity index (χ1) is 7.44. The lowest BCUT2D eigenvalue weighted by molar-refractivity contribution is 0.0956. The number of rotatable bonds is 4. The van der Waals surface area contributed by atoms with Crippen LogP contribution in [0.15, 0.2) is 24.3 Å². The summed E-state index contributed by atoms with van der Waals surface area (Å²) in [6, 6.07) is 6.46. The number of carbonyl (C=O) groups is 1. The molecule has 0 aliphatic carbocycles. The van der Waals surface area contributed by atoms with Gasteiger partial charge in [0.05, 0.1) is 17.5 Å². The monoisotopic (exact) mass is 242 g/mol. The summed E-state index contributed by atoms with van der Waals surface area (Å²) in [6.07, 6.45) is 1.04. The molecule has 0 radical (unpaired) electrons. The average Bonchev–Trinajstić information content (AvgIpc) is 2.16. The Kier molecular flexibility index (Phi) is 3.89. The first-order valence-electron chi connectivity index (χ1n) is 4.79. The van der Waals surface area contributed by atoms with Gasteiger partial charge >= 0.3 is 0 Å². The Morgan fingerprint density at radius 3 is 2.50 bits per heavy atom. The van der Waals surface area contributed by atoms with Gasteiger partial charge in [0.15, 0.2) is 0 Å². The van der Waals surface area contributed by atoms with Crippen LogP contribution in [0.25, 0.3) is 0 Å². The molecule has 0 bridgehead atoms. The van der Waals surface area contributed by atoms with Gasteiger partial charge in [0.2, 0.25) is 10.0 Å². The second-order valence-corrected chi connectivity index (χ2v) is 5.03. The zero-order valence-electron chi connectivity index (χ0n) is 9.15. The number of anilines is 1. The highest BCUT2D eigenvalue weighted by Crippen LogP contribution is 2.15. The number of nitrogens with one attached hydrogen (secondary N) is 2. The van der Waals surface area contributed by atoms with Gasteiger partial charge in [-0.1, -0.05) is 12.1 Å². The number of hydrogen-bond acceptors (Lipinski definition) is 3. The first-order valence-corrected chi connectivity index (χ1v) is 6.68. The van der Waals surface area contributed by atoms with Crippen LogP contribution in [0.4, 0.5) is 5.69 Å². The fourth-order valence-corrected chi connectivity index (χ4v) is 1.80. The van der Waals surface area contributed by atoms with E-state index in [-0.39, 0.29) is 11.6 Å². The minimum absolute atomic E-state index is 0.288. The second-order valence-electron chi connectivity index (χ2n) is 3.28. The fourth-order valence-electron chi connectivity index (χ4n) is 1.23. The summed E-state index contributed by atoms with van der Waals surface area (Å²) in [5.41, 5.74) is 0.603. The van der Waals surface area contributed by atoms with E-state index in [9.17, 15) is 13.2 Å². The number of amides is 1. The van der Waals surface area contributed by atoms with E-state index in [1.54, 1.807) is 31.2 Å². The minimum Gasteiger partial charge on any atom is -0.352 e. The summed E-state index contributed by atoms with van der Waals surface area (Å²) >= 11 is 0. The zero-order valence-corrected chi connectivity index (χ0v) is 9.97. The van der Waals surface area contributed by atoms with E-state index in [1.165, 1.54) is 0 Å². The molecule has 88 valence electrons. The van der Waals surface area contributed by atoms with Crippen LogP contribution in [0.5, 0.6) is 0 Å². The van der Waals surface area contributed by atoms with E-state index in [4.69, 9.17) is 0 Å². The van der Waals surface area contributed by atoms with Crippen LogP contribution in [0.1, 0.15) is 17.3 Å². The van der Waals surface area contributed by atoms with Crippen molar-refractivity contribution in [1.82, 2.24) is 5.32 Å².